The molecular weight excluding hydrogens is 1060 g/mol. The number of hydrogen-bond acceptors (Lipinski definition) is 24. The molecule has 0 amide bonds. The number of hydrogen-bond donors (Lipinski definition) is 13. The summed E-state index contributed by atoms with van der Waals surface area (Å²) in [5, 5.41) is 144. The first-order valence-corrected chi connectivity index (χ1v) is 27.9. The molecule has 0 aromatic heterocycles. The molecule has 8 aliphatic rings. The summed E-state index contributed by atoms with van der Waals surface area (Å²) in [7, 11) is 1.09. The van der Waals surface area contributed by atoms with Gasteiger partial charge in [-0.1, -0.05) is 46.3 Å². The van der Waals surface area contributed by atoms with Crippen molar-refractivity contribution in [2.45, 2.75) is 229 Å². The predicted octanol–water partition coefficient (Wildman–Crippen LogP) is -1.57. The first kappa shape index (κ1) is 63.0. The first-order chi connectivity index (χ1) is 37.2. The van der Waals surface area contributed by atoms with Gasteiger partial charge in [-0.2, -0.15) is 0 Å². The van der Waals surface area contributed by atoms with E-state index in [2.05, 4.69) is 45.4 Å². The lowest BCUT2D eigenvalue weighted by Gasteiger charge is -2.71. The lowest BCUT2D eigenvalue weighted by molar-refractivity contribution is -0.363. The number of allylic oxidation sites excluding steroid dienone is 2. The largest absolute Gasteiger partial charge is 0.481 e. The van der Waals surface area contributed by atoms with Gasteiger partial charge in [0.05, 0.1) is 56.4 Å². The molecule has 7 fully saturated rings. The van der Waals surface area contributed by atoms with Crippen molar-refractivity contribution < 1.29 is 123 Å². The summed E-state index contributed by atoms with van der Waals surface area (Å²) >= 11 is 0. The van der Waals surface area contributed by atoms with E-state index in [1.807, 2.05) is 0 Å². The normalized spacial score (nSPS) is 48.8. The van der Waals surface area contributed by atoms with Crippen LogP contribution in [0.1, 0.15) is 119 Å². The Morgan fingerprint density at radius 2 is 1.26 bits per heavy atom. The van der Waals surface area contributed by atoms with E-state index < -0.39 is 199 Å². The summed E-state index contributed by atoms with van der Waals surface area (Å²) in [6.45, 7) is 11.0. The van der Waals surface area contributed by atoms with Crippen molar-refractivity contribution in [3.8, 4) is 0 Å². The monoisotopic (exact) mass is 1150 g/mol. The summed E-state index contributed by atoms with van der Waals surface area (Å²) in [5.74, 6) is -4.88. The van der Waals surface area contributed by atoms with E-state index >= 15 is 4.79 Å². The number of ether oxygens (including phenoxy) is 8. The minimum atomic E-state index is -2.14. The number of fused-ring (bicyclic) bond motifs is 7. The molecule has 80 heavy (non-hydrogen) atoms. The SMILES string of the molecule is COC(=O)CC(C)(O)CC(=O)OC[C@H]1O[C@@H](OC[C@H]2O[C@@H](OC(=O)[C@]34CCC(C)(C)C[C@H]3C3=CC[C@@H]5[C@@]6(C)CC[C@H](O)[C@@](C)(C(=O)O)[C@@H]6CC[C@@]5(C)[C@]3(C)C[C@H]4O)[C@H](O)[C@@H](O[C@@H]3O[C@H](CO)[C@@H](O)[C@H](O)[C@H]3O)[C@@H]2O)[C@H](O)[C@@H](O)[C@@H]1O. The van der Waals surface area contributed by atoms with Crippen LogP contribution < -0.4 is 0 Å². The lowest BCUT2D eigenvalue weighted by atomic mass is 9.33. The molecule has 3 heterocycles. The summed E-state index contributed by atoms with van der Waals surface area (Å²) in [6.07, 6.45) is -26.4. The van der Waals surface area contributed by atoms with Crippen LogP contribution in [-0.4, -0.2) is 227 Å². The maximum absolute atomic E-state index is 15.5. The number of aliphatic hydroxyl groups excluding tert-OH is 11. The van der Waals surface area contributed by atoms with Gasteiger partial charge in [-0.3, -0.25) is 19.2 Å². The van der Waals surface area contributed by atoms with Crippen LogP contribution in [0.25, 0.3) is 0 Å². The van der Waals surface area contributed by atoms with Crippen molar-refractivity contribution in [3.63, 3.8) is 0 Å². The van der Waals surface area contributed by atoms with Crippen molar-refractivity contribution >= 4 is 23.9 Å². The Bertz CT molecular complexity index is 2310. The lowest BCUT2D eigenvalue weighted by Crippen LogP contribution is -2.69. The quantitative estimate of drug-likeness (QED) is 0.0500. The Labute approximate surface area is 464 Å². The average Bonchev–Trinajstić information content (AvgIpc) is 3.58. The molecule has 0 radical (unpaired) electrons. The van der Waals surface area contributed by atoms with Gasteiger partial charge in [-0.05, 0) is 111 Å². The molecule has 456 valence electrons. The van der Waals surface area contributed by atoms with Gasteiger partial charge >= 0.3 is 23.9 Å². The Balaban J connectivity index is 1.07. The highest BCUT2D eigenvalue weighted by Gasteiger charge is 2.73. The van der Waals surface area contributed by atoms with Gasteiger partial charge in [0.1, 0.15) is 85.3 Å². The molecule has 26 atom stereocenters. The average molecular weight is 1150 g/mol. The van der Waals surface area contributed by atoms with Gasteiger partial charge in [0.2, 0.25) is 6.29 Å². The van der Waals surface area contributed by atoms with Crippen molar-refractivity contribution in [1.29, 1.82) is 0 Å². The second-order valence-corrected chi connectivity index (χ2v) is 26.3. The minimum Gasteiger partial charge on any atom is -0.481 e. The Kier molecular flexibility index (Phi) is 17.9. The van der Waals surface area contributed by atoms with Crippen LogP contribution in [0.2, 0.25) is 0 Å². The minimum absolute atomic E-state index is 0.0556. The van der Waals surface area contributed by atoms with Gasteiger partial charge < -0.3 is 104 Å². The van der Waals surface area contributed by atoms with E-state index in [0.717, 1.165) is 12.7 Å². The molecule has 0 bridgehead atoms. The molecule has 25 nitrogen and oxygen atoms in total. The molecule has 0 aromatic carbocycles. The smallest absolute Gasteiger partial charge is 0.317 e. The molecule has 25 heteroatoms. The van der Waals surface area contributed by atoms with Gasteiger partial charge in [-0.15, -0.1) is 0 Å². The van der Waals surface area contributed by atoms with Gasteiger partial charge in [0.25, 0.3) is 0 Å². The fraction of sp³-hybridized carbons (Fsp3) is 0.891. The fourth-order valence-electron chi connectivity index (χ4n) is 15.9. The van der Waals surface area contributed by atoms with Crippen LogP contribution in [-0.2, 0) is 57.1 Å². The molecule has 0 aromatic rings. The number of rotatable bonds is 15. The number of carbonyl (C=O) groups is 4. The van der Waals surface area contributed by atoms with Crippen LogP contribution in [0.5, 0.6) is 0 Å². The molecule has 1 unspecified atom stereocenters. The molecule has 0 spiro atoms. The number of methoxy groups -OCH3 is 1. The number of esters is 3. The number of aliphatic carboxylic acids is 1. The third-order valence-electron chi connectivity index (χ3n) is 20.9. The maximum atomic E-state index is 15.5. The first-order valence-electron chi connectivity index (χ1n) is 27.9. The van der Waals surface area contributed by atoms with E-state index in [4.69, 9.17) is 33.2 Å². The standard InChI is InChI=1S/C55H86O25/c1-49(2)15-16-55(25(17-49)24-9-10-29-51(4)13-12-31(57)54(7,47(69)70)30(51)11-14-52(29,5)53(24,6)18-32(55)58)48(71)80-46-42(68)43(79-45-41(67)38(64)35(61)26(21-56)76-45)37(63)28(78-46)23-75-44-40(66)39(65)36(62)27(77-44)22-74-34(60)20-50(3,72)19-33(59)73-8/h9,25-32,35-46,56-58,61-68,72H,10-23H2,1-8H3,(H,69,70)/t25-,26+,27+,28+,29+,30+,31-,32+,35+,36+,37+,38-,39-,40+,41+,42+,43-,44+,45-,46-,50?,51+,52+,53+,54-,55+/m0/s1. The fourth-order valence-corrected chi connectivity index (χ4v) is 15.9. The highest BCUT2D eigenvalue weighted by atomic mass is 16.8. The summed E-state index contributed by atoms with van der Waals surface area (Å²) < 4.78 is 45.1. The van der Waals surface area contributed by atoms with Crippen LogP contribution in [0, 0.1) is 50.2 Å². The third kappa shape index (κ3) is 10.7. The summed E-state index contributed by atoms with van der Waals surface area (Å²) in [5.41, 5.74) is -6.03. The van der Waals surface area contributed by atoms with E-state index in [0.29, 0.717) is 44.9 Å². The summed E-state index contributed by atoms with van der Waals surface area (Å²) in [4.78, 5) is 52.9. The Hall–Kier alpha value is -3.06. The second kappa shape index (κ2) is 22.7. The highest BCUT2D eigenvalue weighted by molar-refractivity contribution is 5.80. The van der Waals surface area contributed by atoms with Crippen LogP contribution in [0.4, 0.5) is 0 Å². The van der Waals surface area contributed by atoms with Crippen LogP contribution >= 0.6 is 0 Å². The van der Waals surface area contributed by atoms with Crippen molar-refractivity contribution in [2.75, 3.05) is 26.9 Å². The molecule has 3 saturated heterocycles. The molecule has 3 aliphatic heterocycles. The van der Waals surface area contributed by atoms with E-state index in [1.54, 1.807) is 6.92 Å². The topological polar surface area (TPSA) is 405 Å². The molecule has 5 aliphatic carbocycles. The number of carboxylic acid groups (broad SMARTS) is 1. The zero-order chi connectivity index (χ0) is 59.2. The van der Waals surface area contributed by atoms with E-state index in [-0.39, 0.29) is 30.1 Å². The van der Waals surface area contributed by atoms with Gasteiger partial charge in [0, 0.05) is 0 Å². The Morgan fingerprint density at radius 1 is 0.662 bits per heavy atom. The van der Waals surface area contributed by atoms with E-state index in [9.17, 15) is 80.8 Å². The van der Waals surface area contributed by atoms with Crippen molar-refractivity contribution in [1.82, 2.24) is 0 Å². The van der Waals surface area contributed by atoms with Gasteiger partial charge in [-0.25, -0.2) is 0 Å². The van der Waals surface area contributed by atoms with E-state index in [1.165, 1.54) is 6.92 Å². The molecule has 4 saturated carbocycles. The predicted molar refractivity (Wildman–Crippen MR) is 269 cm³/mol. The van der Waals surface area contributed by atoms with Crippen molar-refractivity contribution in [2.24, 2.45) is 50.2 Å². The zero-order valence-corrected chi connectivity index (χ0v) is 46.7. The Morgan fingerprint density at radius 3 is 1.90 bits per heavy atom. The summed E-state index contributed by atoms with van der Waals surface area (Å²) in [6, 6.07) is 0. The number of carboxylic acids is 1. The molecule has 13 N–H and O–H groups in total. The number of carbonyl (C=O) groups excluding carboxylic acids is 3. The molecular formula is C55H86O25. The highest BCUT2D eigenvalue weighted by Crippen LogP contribution is 2.76. The zero-order valence-electron chi connectivity index (χ0n) is 46.7. The van der Waals surface area contributed by atoms with Crippen LogP contribution in [0.15, 0.2) is 11.6 Å². The van der Waals surface area contributed by atoms with Crippen LogP contribution in [0.3, 0.4) is 0 Å². The second-order valence-electron chi connectivity index (χ2n) is 26.3. The van der Waals surface area contributed by atoms with Crippen molar-refractivity contribution in [3.05, 3.63) is 11.6 Å². The molecule has 8 rings (SSSR count). The maximum Gasteiger partial charge on any atom is 0.317 e. The number of aliphatic hydroxyl groups is 12. The third-order valence-corrected chi connectivity index (χ3v) is 20.9. The van der Waals surface area contributed by atoms with Gasteiger partial charge in [0.15, 0.2) is 12.6 Å².